The fourth-order valence-electron chi connectivity index (χ4n) is 4.28. The lowest BCUT2D eigenvalue weighted by molar-refractivity contribution is -0.0157. The van der Waals surface area contributed by atoms with Crippen LogP contribution in [0.3, 0.4) is 0 Å². The van der Waals surface area contributed by atoms with E-state index in [0.717, 1.165) is 29.8 Å². The van der Waals surface area contributed by atoms with Gasteiger partial charge in [-0.25, -0.2) is 4.79 Å². The Morgan fingerprint density at radius 1 is 1.10 bits per heavy atom. The largest absolute Gasteiger partial charge is 0.490 e. The maximum Gasteiger partial charge on any atom is 0.321 e. The Bertz CT molecular complexity index is 835. The van der Waals surface area contributed by atoms with Crippen molar-refractivity contribution in [3.8, 4) is 5.75 Å². The molecule has 154 valence electrons. The molecule has 1 saturated carbocycles. The Balaban J connectivity index is 1.33. The topological polar surface area (TPSA) is 61.8 Å². The third kappa shape index (κ3) is 4.73. The first-order valence-electron chi connectivity index (χ1n) is 10.6. The fraction of sp³-hybridized carbons (Fsp3) is 0.458. The second kappa shape index (κ2) is 8.46. The normalized spacial score (nSPS) is 19.2. The number of aliphatic hydroxyl groups is 1. The van der Waals surface area contributed by atoms with E-state index in [-0.39, 0.29) is 6.03 Å². The Kier molecular flexibility index (Phi) is 5.76. The molecule has 0 aromatic heterocycles. The van der Waals surface area contributed by atoms with E-state index in [9.17, 15) is 9.90 Å². The lowest BCUT2D eigenvalue weighted by Gasteiger charge is -2.38. The molecule has 0 bridgehead atoms. The Labute approximate surface area is 172 Å². The summed E-state index contributed by atoms with van der Waals surface area (Å²) in [6, 6.07) is 15.5. The van der Waals surface area contributed by atoms with E-state index < -0.39 is 5.60 Å². The quantitative estimate of drug-likeness (QED) is 0.781. The molecule has 2 amide bonds. The minimum Gasteiger partial charge on any atom is -0.490 e. The van der Waals surface area contributed by atoms with Crippen molar-refractivity contribution in [3.05, 3.63) is 59.7 Å². The summed E-state index contributed by atoms with van der Waals surface area (Å²) in [4.78, 5) is 14.5. The third-order valence-corrected chi connectivity index (χ3v) is 6.16. The van der Waals surface area contributed by atoms with Crippen LogP contribution in [0.15, 0.2) is 48.5 Å². The number of aryl methyl sites for hydroxylation is 1. The minimum absolute atomic E-state index is 0.131. The zero-order valence-corrected chi connectivity index (χ0v) is 17.1. The highest BCUT2D eigenvalue weighted by Gasteiger charge is 2.35. The number of nitrogens with zero attached hydrogens (tertiary/aromatic N) is 1. The molecule has 2 fully saturated rings. The first-order chi connectivity index (χ1) is 14.0. The molecule has 1 heterocycles. The van der Waals surface area contributed by atoms with Gasteiger partial charge in [0.2, 0.25) is 0 Å². The van der Waals surface area contributed by atoms with Crippen molar-refractivity contribution >= 4 is 11.7 Å². The van der Waals surface area contributed by atoms with Gasteiger partial charge in [-0.15, -0.1) is 0 Å². The van der Waals surface area contributed by atoms with Crippen LogP contribution in [0.5, 0.6) is 5.75 Å². The molecule has 0 atom stereocenters. The van der Waals surface area contributed by atoms with Crippen molar-refractivity contribution < 1.29 is 14.6 Å². The highest BCUT2D eigenvalue weighted by atomic mass is 16.5. The first-order valence-corrected chi connectivity index (χ1v) is 10.6. The summed E-state index contributed by atoms with van der Waals surface area (Å²) in [7, 11) is 0. The van der Waals surface area contributed by atoms with Crippen LogP contribution in [0.25, 0.3) is 0 Å². The molecule has 5 nitrogen and oxygen atoms in total. The van der Waals surface area contributed by atoms with E-state index in [0.29, 0.717) is 32.0 Å². The van der Waals surface area contributed by atoms with Crippen molar-refractivity contribution in [1.29, 1.82) is 0 Å². The Morgan fingerprint density at radius 3 is 2.48 bits per heavy atom. The van der Waals surface area contributed by atoms with Crippen LogP contribution in [0, 0.1) is 6.92 Å². The first kappa shape index (κ1) is 19.8. The van der Waals surface area contributed by atoms with Crippen molar-refractivity contribution in [2.45, 2.75) is 57.2 Å². The van der Waals surface area contributed by atoms with E-state index in [4.69, 9.17) is 4.74 Å². The second-order valence-corrected chi connectivity index (χ2v) is 8.37. The molecule has 2 aromatic carbocycles. The number of urea groups is 1. The monoisotopic (exact) mass is 394 g/mol. The van der Waals surface area contributed by atoms with Gasteiger partial charge >= 0.3 is 6.03 Å². The lowest BCUT2D eigenvalue weighted by atomic mass is 9.84. The van der Waals surface area contributed by atoms with Crippen LogP contribution >= 0.6 is 0 Å². The van der Waals surface area contributed by atoms with E-state index in [1.165, 1.54) is 18.4 Å². The predicted molar refractivity (Wildman–Crippen MR) is 114 cm³/mol. The maximum atomic E-state index is 12.7. The number of carbonyl (C=O) groups excluding carboxylic acids is 1. The average molecular weight is 395 g/mol. The number of amides is 2. The van der Waals surface area contributed by atoms with Gasteiger partial charge in [0.15, 0.2) is 0 Å². The van der Waals surface area contributed by atoms with Gasteiger partial charge < -0.3 is 20.1 Å². The maximum absolute atomic E-state index is 12.7. The van der Waals surface area contributed by atoms with Crippen molar-refractivity contribution in [2.75, 3.05) is 18.4 Å². The van der Waals surface area contributed by atoms with Gasteiger partial charge in [-0.2, -0.15) is 0 Å². The van der Waals surface area contributed by atoms with E-state index in [1.807, 2.05) is 55.5 Å². The number of carbonyl (C=O) groups is 1. The van der Waals surface area contributed by atoms with Crippen LogP contribution < -0.4 is 10.1 Å². The highest BCUT2D eigenvalue weighted by Crippen LogP contribution is 2.33. The number of rotatable bonds is 4. The molecule has 0 radical (unpaired) electrons. The molecule has 2 aromatic rings. The molecule has 1 saturated heterocycles. The molecule has 1 aliphatic carbocycles. The van der Waals surface area contributed by atoms with Crippen molar-refractivity contribution in [3.63, 3.8) is 0 Å². The van der Waals surface area contributed by atoms with Gasteiger partial charge in [0.05, 0.1) is 11.7 Å². The fourth-order valence-corrected chi connectivity index (χ4v) is 4.28. The molecule has 0 unspecified atom stereocenters. The van der Waals surface area contributed by atoms with E-state index in [2.05, 4.69) is 5.32 Å². The van der Waals surface area contributed by atoms with Crippen LogP contribution in [0.4, 0.5) is 10.5 Å². The van der Waals surface area contributed by atoms with Crippen molar-refractivity contribution in [2.24, 2.45) is 0 Å². The van der Waals surface area contributed by atoms with Crippen LogP contribution in [-0.2, 0) is 5.60 Å². The Morgan fingerprint density at radius 2 is 1.79 bits per heavy atom. The van der Waals surface area contributed by atoms with Gasteiger partial charge in [0.1, 0.15) is 5.75 Å². The summed E-state index contributed by atoms with van der Waals surface area (Å²) in [6.07, 6.45) is 6.03. The lowest BCUT2D eigenvalue weighted by Crippen LogP contribution is -2.46. The molecule has 2 N–H and O–H groups in total. The van der Waals surface area contributed by atoms with Gasteiger partial charge in [-0.1, -0.05) is 35.9 Å². The number of hydrogen-bond donors (Lipinski definition) is 2. The molecule has 29 heavy (non-hydrogen) atoms. The van der Waals surface area contributed by atoms with E-state index >= 15 is 0 Å². The zero-order valence-electron chi connectivity index (χ0n) is 17.1. The van der Waals surface area contributed by atoms with Crippen LogP contribution in [0.2, 0.25) is 0 Å². The predicted octanol–water partition coefficient (Wildman–Crippen LogP) is 4.83. The number of ether oxygens (including phenoxy) is 1. The van der Waals surface area contributed by atoms with Crippen LogP contribution in [0.1, 0.15) is 49.7 Å². The number of anilines is 1. The zero-order chi connectivity index (χ0) is 20.3. The highest BCUT2D eigenvalue weighted by molar-refractivity contribution is 5.89. The number of likely N-dealkylation sites (tertiary alicyclic amines) is 1. The van der Waals surface area contributed by atoms with Gasteiger partial charge in [0.25, 0.3) is 0 Å². The molecular formula is C24H30N2O3. The smallest absolute Gasteiger partial charge is 0.321 e. The summed E-state index contributed by atoms with van der Waals surface area (Å²) in [5.74, 6) is 0.807. The van der Waals surface area contributed by atoms with Gasteiger partial charge in [-0.3, -0.25) is 0 Å². The molecule has 2 aliphatic rings. The average Bonchev–Trinajstić information content (AvgIpc) is 3.22. The molecule has 1 aliphatic heterocycles. The number of hydrogen-bond acceptors (Lipinski definition) is 3. The molecule has 0 spiro atoms. The third-order valence-electron chi connectivity index (χ3n) is 6.16. The number of piperidine rings is 1. The minimum atomic E-state index is -0.862. The summed E-state index contributed by atoms with van der Waals surface area (Å²) >= 11 is 0. The summed E-state index contributed by atoms with van der Waals surface area (Å²) in [6.45, 7) is 3.08. The standard InChI is InChI=1S/C24H30N2O3/c1-18-9-11-19(12-10-18)24(28)13-15-26(16-14-24)23(27)25-20-5-4-8-22(17-20)29-21-6-2-3-7-21/h4-5,8-12,17,21,28H,2-3,6-7,13-16H2,1H3,(H,25,27). The number of nitrogens with one attached hydrogen (secondary N) is 1. The van der Waals surface area contributed by atoms with E-state index in [1.54, 1.807) is 4.90 Å². The van der Waals surface area contributed by atoms with Gasteiger partial charge in [-0.05, 0) is 63.1 Å². The molecule has 5 heteroatoms. The summed E-state index contributed by atoms with van der Waals surface area (Å²) < 4.78 is 6.03. The Hall–Kier alpha value is -2.53. The molecule has 4 rings (SSSR count). The second-order valence-electron chi connectivity index (χ2n) is 8.37. The number of benzene rings is 2. The summed E-state index contributed by atoms with van der Waals surface area (Å²) in [5, 5.41) is 14.0. The summed E-state index contributed by atoms with van der Waals surface area (Å²) in [5.41, 5.74) is 1.98. The SMILES string of the molecule is Cc1ccc(C2(O)CCN(C(=O)Nc3cccc(OC4CCCC4)c3)CC2)cc1. The van der Waals surface area contributed by atoms with Crippen molar-refractivity contribution in [1.82, 2.24) is 4.90 Å². The molecular weight excluding hydrogens is 364 g/mol. The van der Waals surface area contributed by atoms with Crippen LogP contribution in [-0.4, -0.2) is 35.2 Å². The van der Waals surface area contributed by atoms with Gasteiger partial charge in [0, 0.05) is 24.8 Å².